The van der Waals surface area contributed by atoms with E-state index in [0.29, 0.717) is 32.0 Å². The molecule has 1 aliphatic rings. The molecule has 0 bridgehead atoms. The summed E-state index contributed by atoms with van der Waals surface area (Å²) in [5.74, 6) is -0.349. The molecule has 2 aromatic carbocycles. The van der Waals surface area contributed by atoms with Crippen LogP contribution in [0.15, 0.2) is 64.0 Å². The molecule has 2 aromatic rings. The maximum absolute atomic E-state index is 13.2. The second-order valence-electron chi connectivity index (χ2n) is 6.61. The third kappa shape index (κ3) is 6.02. The van der Waals surface area contributed by atoms with E-state index in [4.69, 9.17) is 4.74 Å². The smallest absolute Gasteiger partial charge is 0.264 e. The largest absolute Gasteiger partial charge is 0.379 e. The van der Waals surface area contributed by atoms with Gasteiger partial charge >= 0.3 is 0 Å². The minimum Gasteiger partial charge on any atom is -0.379 e. The Morgan fingerprint density at radius 3 is 2.52 bits per heavy atom. The third-order valence-corrected chi connectivity index (χ3v) is 6.85. The van der Waals surface area contributed by atoms with E-state index in [0.717, 1.165) is 21.9 Å². The van der Waals surface area contributed by atoms with E-state index in [2.05, 4.69) is 26.1 Å². The van der Waals surface area contributed by atoms with Crippen molar-refractivity contribution in [2.75, 3.05) is 50.2 Å². The maximum Gasteiger partial charge on any atom is 0.264 e. The third-order valence-electron chi connectivity index (χ3n) is 4.57. The molecule has 1 saturated heterocycles. The van der Waals surface area contributed by atoms with Gasteiger partial charge in [-0.15, -0.1) is 0 Å². The van der Waals surface area contributed by atoms with Gasteiger partial charge in [0.2, 0.25) is 5.91 Å². The fraction of sp³-hybridized carbons (Fsp3) is 0.350. The molecule has 0 aromatic heterocycles. The lowest BCUT2D eigenvalue weighted by Gasteiger charge is -2.27. The number of amides is 1. The van der Waals surface area contributed by atoms with E-state index in [1.165, 1.54) is 12.1 Å². The van der Waals surface area contributed by atoms with Crippen LogP contribution in [-0.2, 0) is 19.6 Å². The lowest BCUT2D eigenvalue weighted by Crippen LogP contribution is -2.44. The zero-order valence-electron chi connectivity index (χ0n) is 16.0. The molecule has 0 unspecified atom stereocenters. The molecule has 156 valence electrons. The molecule has 1 N–H and O–H groups in total. The monoisotopic (exact) mass is 481 g/mol. The molecule has 1 aliphatic heterocycles. The summed E-state index contributed by atoms with van der Waals surface area (Å²) in [6.07, 6.45) is 0. The van der Waals surface area contributed by atoms with Crippen molar-refractivity contribution >= 4 is 37.5 Å². The Kier molecular flexibility index (Phi) is 7.65. The van der Waals surface area contributed by atoms with Gasteiger partial charge in [0.25, 0.3) is 10.0 Å². The average molecular weight is 482 g/mol. The fourth-order valence-electron chi connectivity index (χ4n) is 3.03. The average Bonchev–Trinajstić information content (AvgIpc) is 2.73. The molecule has 0 spiro atoms. The summed E-state index contributed by atoms with van der Waals surface area (Å²) in [6.45, 7) is 3.93. The predicted molar refractivity (Wildman–Crippen MR) is 115 cm³/mol. The molecule has 7 nitrogen and oxygen atoms in total. The normalized spacial score (nSPS) is 15.1. The Balaban J connectivity index is 1.72. The van der Waals surface area contributed by atoms with Gasteiger partial charge in [-0.05, 0) is 30.3 Å². The van der Waals surface area contributed by atoms with Crippen LogP contribution < -0.4 is 9.62 Å². The number of hydrogen-bond donors (Lipinski definition) is 1. The van der Waals surface area contributed by atoms with E-state index in [9.17, 15) is 13.2 Å². The molecular formula is C20H24BrN3O4S. The second-order valence-corrected chi connectivity index (χ2v) is 9.39. The summed E-state index contributed by atoms with van der Waals surface area (Å²) in [5, 5.41) is 2.83. The van der Waals surface area contributed by atoms with Crippen LogP contribution >= 0.6 is 15.9 Å². The van der Waals surface area contributed by atoms with Gasteiger partial charge in [0.05, 0.1) is 23.8 Å². The van der Waals surface area contributed by atoms with Gasteiger partial charge in [-0.3, -0.25) is 14.0 Å². The van der Waals surface area contributed by atoms with Crippen molar-refractivity contribution < 1.29 is 17.9 Å². The van der Waals surface area contributed by atoms with Gasteiger partial charge < -0.3 is 10.1 Å². The molecule has 9 heteroatoms. The maximum atomic E-state index is 13.2. The van der Waals surface area contributed by atoms with Crippen LogP contribution in [0, 0.1) is 0 Å². The van der Waals surface area contributed by atoms with Gasteiger partial charge in [-0.2, -0.15) is 0 Å². The number of rotatable bonds is 8. The molecule has 29 heavy (non-hydrogen) atoms. The van der Waals surface area contributed by atoms with Crippen molar-refractivity contribution in [1.29, 1.82) is 0 Å². The summed E-state index contributed by atoms with van der Waals surface area (Å²) in [6, 6.07) is 15.0. The summed E-state index contributed by atoms with van der Waals surface area (Å²) < 4.78 is 33.6. The zero-order valence-corrected chi connectivity index (χ0v) is 18.4. The highest BCUT2D eigenvalue weighted by Crippen LogP contribution is 2.26. The summed E-state index contributed by atoms with van der Waals surface area (Å²) in [4.78, 5) is 14.9. The SMILES string of the molecule is O=C(CN(c1cccc(Br)c1)S(=O)(=O)c1ccccc1)NCCN1CCOCC1. The molecule has 3 rings (SSSR count). The first-order chi connectivity index (χ1) is 14.0. The molecule has 1 amide bonds. The first-order valence-electron chi connectivity index (χ1n) is 9.37. The fourth-order valence-corrected chi connectivity index (χ4v) is 4.85. The Morgan fingerprint density at radius 2 is 1.83 bits per heavy atom. The number of benzene rings is 2. The highest BCUT2D eigenvalue weighted by atomic mass is 79.9. The van der Waals surface area contributed by atoms with Crippen molar-refractivity contribution in [3.63, 3.8) is 0 Å². The standard InChI is InChI=1S/C20H24BrN3O4S/c21-17-5-4-6-18(15-17)24(29(26,27)19-7-2-1-3-8-19)16-20(25)22-9-10-23-11-13-28-14-12-23/h1-8,15H,9-14,16H2,(H,22,25). The number of anilines is 1. The van der Waals surface area contributed by atoms with E-state index in [1.54, 1.807) is 42.5 Å². The van der Waals surface area contributed by atoms with Crippen molar-refractivity contribution in [3.05, 3.63) is 59.1 Å². The van der Waals surface area contributed by atoms with Crippen LogP contribution in [0.3, 0.4) is 0 Å². The van der Waals surface area contributed by atoms with E-state index < -0.39 is 10.0 Å². The Labute approximate surface area is 179 Å². The summed E-state index contributed by atoms with van der Waals surface area (Å²) in [7, 11) is -3.89. The number of ether oxygens (including phenoxy) is 1. The predicted octanol–water partition coefficient (Wildman–Crippen LogP) is 2.09. The summed E-state index contributed by atoms with van der Waals surface area (Å²) >= 11 is 3.37. The molecule has 1 heterocycles. The van der Waals surface area contributed by atoms with Crippen LogP contribution in [0.25, 0.3) is 0 Å². The summed E-state index contributed by atoms with van der Waals surface area (Å²) in [5.41, 5.74) is 0.423. The number of hydrogen-bond acceptors (Lipinski definition) is 5. The minimum absolute atomic E-state index is 0.140. The first kappa shape index (κ1) is 21.8. The van der Waals surface area contributed by atoms with Crippen molar-refractivity contribution in [2.24, 2.45) is 0 Å². The molecule has 0 saturated carbocycles. The number of carbonyl (C=O) groups is 1. The first-order valence-corrected chi connectivity index (χ1v) is 11.6. The van der Waals surface area contributed by atoms with Crippen LogP contribution in [0.5, 0.6) is 0 Å². The van der Waals surface area contributed by atoms with E-state index >= 15 is 0 Å². The van der Waals surface area contributed by atoms with Crippen LogP contribution in [0.4, 0.5) is 5.69 Å². The highest BCUT2D eigenvalue weighted by molar-refractivity contribution is 9.10. The number of halogens is 1. The molecule has 0 radical (unpaired) electrons. The molecule has 0 aliphatic carbocycles. The number of nitrogens with one attached hydrogen (secondary N) is 1. The molecule has 0 atom stereocenters. The Hall–Kier alpha value is -1.94. The number of carbonyl (C=O) groups excluding carboxylic acids is 1. The second kappa shape index (κ2) is 10.2. The number of morpholine rings is 1. The highest BCUT2D eigenvalue weighted by Gasteiger charge is 2.27. The topological polar surface area (TPSA) is 79.0 Å². The lowest BCUT2D eigenvalue weighted by molar-refractivity contribution is -0.119. The molecular weight excluding hydrogens is 458 g/mol. The van der Waals surface area contributed by atoms with Gasteiger partial charge in [-0.25, -0.2) is 8.42 Å². The van der Waals surface area contributed by atoms with E-state index in [1.807, 2.05) is 0 Å². The number of nitrogens with zero attached hydrogens (tertiary/aromatic N) is 2. The Bertz CT molecular complexity index is 918. The van der Waals surface area contributed by atoms with Gasteiger partial charge in [0.1, 0.15) is 6.54 Å². The van der Waals surface area contributed by atoms with Crippen molar-refractivity contribution in [2.45, 2.75) is 4.90 Å². The van der Waals surface area contributed by atoms with Crippen molar-refractivity contribution in [3.8, 4) is 0 Å². The quantitative estimate of drug-likeness (QED) is 0.624. The lowest BCUT2D eigenvalue weighted by atomic mass is 10.3. The van der Waals surface area contributed by atoms with Crippen LogP contribution in [-0.4, -0.2) is 65.2 Å². The van der Waals surface area contributed by atoms with Gasteiger partial charge in [0.15, 0.2) is 0 Å². The number of sulfonamides is 1. The van der Waals surface area contributed by atoms with Gasteiger partial charge in [0, 0.05) is 30.7 Å². The minimum atomic E-state index is -3.89. The van der Waals surface area contributed by atoms with E-state index in [-0.39, 0.29) is 17.3 Å². The van der Waals surface area contributed by atoms with Crippen LogP contribution in [0.1, 0.15) is 0 Å². The Morgan fingerprint density at radius 1 is 1.10 bits per heavy atom. The van der Waals surface area contributed by atoms with Crippen LogP contribution in [0.2, 0.25) is 0 Å². The van der Waals surface area contributed by atoms with Crippen molar-refractivity contribution in [1.82, 2.24) is 10.2 Å². The van der Waals surface area contributed by atoms with Gasteiger partial charge in [-0.1, -0.05) is 40.2 Å². The zero-order chi connectivity index (χ0) is 20.7. The molecule has 1 fully saturated rings.